The van der Waals surface area contributed by atoms with Gasteiger partial charge in [-0.3, -0.25) is 4.79 Å². The highest BCUT2D eigenvalue weighted by Crippen LogP contribution is 2.62. The van der Waals surface area contributed by atoms with Crippen molar-refractivity contribution in [3.05, 3.63) is 47.7 Å². The number of rotatable bonds is 4. The summed E-state index contributed by atoms with van der Waals surface area (Å²) < 4.78 is 118. The van der Waals surface area contributed by atoms with E-state index in [0.717, 1.165) is 17.0 Å². The number of halogens is 7. The minimum absolute atomic E-state index is 0.153. The molecule has 184 valence electrons. The van der Waals surface area contributed by atoms with E-state index in [1.54, 1.807) is 0 Å². The Labute approximate surface area is 187 Å². The molecule has 1 amide bonds. The summed E-state index contributed by atoms with van der Waals surface area (Å²) >= 11 is 0. The van der Waals surface area contributed by atoms with Crippen molar-refractivity contribution >= 4 is 27.4 Å². The van der Waals surface area contributed by atoms with Crippen LogP contribution in [-0.4, -0.2) is 44.2 Å². The van der Waals surface area contributed by atoms with Gasteiger partial charge in [-0.15, -0.1) is 0 Å². The van der Waals surface area contributed by atoms with E-state index in [0.29, 0.717) is 12.3 Å². The Morgan fingerprint density at radius 2 is 1.68 bits per heavy atom. The lowest BCUT2D eigenvalue weighted by Crippen LogP contribution is -2.65. The van der Waals surface area contributed by atoms with Gasteiger partial charge in [-0.05, 0) is 24.3 Å². The van der Waals surface area contributed by atoms with Gasteiger partial charge in [0.2, 0.25) is 10.0 Å². The van der Waals surface area contributed by atoms with E-state index < -0.39 is 80.7 Å². The van der Waals surface area contributed by atoms with Gasteiger partial charge in [0.1, 0.15) is 5.82 Å². The zero-order chi connectivity index (χ0) is 25.3. The van der Waals surface area contributed by atoms with Crippen molar-refractivity contribution in [1.82, 2.24) is 4.98 Å². The highest BCUT2D eigenvalue weighted by molar-refractivity contribution is 7.89. The number of benzene rings is 1. The second-order valence-corrected chi connectivity index (χ2v) is 9.55. The van der Waals surface area contributed by atoms with Crippen LogP contribution < -0.4 is 15.4 Å². The molecular weight excluding hydrogens is 497 g/mol. The van der Waals surface area contributed by atoms with Gasteiger partial charge in [-0.25, -0.2) is 18.5 Å². The molecule has 7 nitrogen and oxygen atoms in total. The summed E-state index contributed by atoms with van der Waals surface area (Å²) in [5.74, 6) is -13.8. The fourth-order valence-electron chi connectivity index (χ4n) is 4.09. The molecule has 2 atom stereocenters. The molecule has 1 saturated carbocycles. The summed E-state index contributed by atoms with van der Waals surface area (Å²) in [4.78, 5) is 16.9. The molecule has 2 aliphatic rings. The van der Waals surface area contributed by atoms with Crippen molar-refractivity contribution in [2.24, 2.45) is 17.0 Å². The van der Waals surface area contributed by atoms with E-state index in [4.69, 9.17) is 5.14 Å². The maximum atomic E-state index is 13.8. The maximum Gasteiger partial charge on any atom is 0.417 e. The van der Waals surface area contributed by atoms with Crippen molar-refractivity contribution in [1.29, 1.82) is 0 Å². The first-order valence-corrected chi connectivity index (χ1v) is 11.1. The first-order valence-electron chi connectivity index (χ1n) is 9.55. The summed E-state index contributed by atoms with van der Waals surface area (Å²) in [7, 11) is -4.16. The fraction of sp³-hybridized carbons (Fsp3) is 0.368. The number of primary sulfonamides is 1. The Balaban J connectivity index is 1.70. The quantitative estimate of drug-likeness (QED) is 0.612. The van der Waals surface area contributed by atoms with Gasteiger partial charge in [0.05, 0.1) is 27.9 Å². The van der Waals surface area contributed by atoms with Crippen molar-refractivity contribution in [3.63, 3.8) is 0 Å². The molecule has 4 rings (SSSR count). The number of amides is 1. The van der Waals surface area contributed by atoms with E-state index in [1.807, 2.05) is 0 Å². The third-order valence-corrected chi connectivity index (χ3v) is 6.77. The molecule has 2 aromatic rings. The second-order valence-electron chi connectivity index (χ2n) is 7.98. The van der Waals surface area contributed by atoms with Gasteiger partial charge < -0.3 is 10.2 Å². The smallest absolute Gasteiger partial charge is 0.355 e. The van der Waals surface area contributed by atoms with Crippen LogP contribution in [0.2, 0.25) is 0 Å². The summed E-state index contributed by atoms with van der Waals surface area (Å²) in [6, 6.07) is 4.92. The molecule has 2 fully saturated rings. The van der Waals surface area contributed by atoms with Crippen molar-refractivity contribution < 1.29 is 43.9 Å². The Bertz CT molecular complexity index is 1240. The molecule has 2 heterocycles. The van der Waals surface area contributed by atoms with Gasteiger partial charge in [-0.1, -0.05) is 6.07 Å². The number of aromatic nitrogens is 1. The largest absolute Gasteiger partial charge is 0.417 e. The van der Waals surface area contributed by atoms with Gasteiger partial charge in [0.25, 0.3) is 5.91 Å². The molecular formula is C19H15F7N4O3S. The summed E-state index contributed by atoms with van der Waals surface area (Å²) in [5.41, 5.74) is -2.21. The predicted octanol–water partition coefficient (Wildman–Crippen LogP) is 3.34. The molecule has 0 spiro atoms. The van der Waals surface area contributed by atoms with Gasteiger partial charge in [-0.2, -0.15) is 30.7 Å². The number of nitrogens with two attached hydrogens (primary N) is 1. The second kappa shape index (κ2) is 7.53. The van der Waals surface area contributed by atoms with Crippen LogP contribution in [0.4, 0.5) is 42.2 Å². The van der Waals surface area contributed by atoms with Crippen molar-refractivity contribution in [2.75, 3.05) is 23.3 Å². The number of carbonyl (C=O) groups excluding carboxylic acids is 1. The van der Waals surface area contributed by atoms with E-state index in [1.165, 1.54) is 12.1 Å². The SMILES string of the molecule is NS(=O)(=O)c1cccc(NC(=O)c2cc(C(F)(F)F)cnc2N2CC3C(C2)C(F)(F)C3(F)F)c1. The van der Waals surface area contributed by atoms with Crippen LogP contribution in [0.1, 0.15) is 15.9 Å². The predicted molar refractivity (Wildman–Crippen MR) is 104 cm³/mol. The molecule has 1 saturated heterocycles. The maximum absolute atomic E-state index is 13.8. The lowest BCUT2D eigenvalue weighted by Gasteiger charge is -2.46. The molecule has 1 aliphatic carbocycles. The lowest BCUT2D eigenvalue weighted by molar-refractivity contribution is -0.339. The van der Waals surface area contributed by atoms with Crippen molar-refractivity contribution in [2.45, 2.75) is 22.9 Å². The van der Waals surface area contributed by atoms with E-state index in [9.17, 15) is 43.9 Å². The number of pyridine rings is 1. The van der Waals surface area contributed by atoms with Crippen LogP contribution in [0.25, 0.3) is 0 Å². The number of anilines is 2. The number of carbonyl (C=O) groups is 1. The van der Waals surface area contributed by atoms with Crippen LogP contribution in [0, 0.1) is 11.8 Å². The Kier molecular flexibility index (Phi) is 5.36. The molecule has 34 heavy (non-hydrogen) atoms. The molecule has 0 bridgehead atoms. The average molecular weight is 512 g/mol. The Hall–Kier alpha value is -2.94. The zero-order valence-corrected chi connectivity index (χ0v) is 17.6. The van der Waals surface area contributed by atoms with E-state index in [2.05, 4.69) is 10.3 Å². The van der Waals surface area contributed by atoms with Crippen LogP contribution in [0.15, 0.2) is 41.4 Å². The Morgan fingerprint density at radius 3 is 2.21 bits per heavy atom. The molecule has 1 aromatic heterocycles. The minimum Gasteiger partial charge on any atom is -0.355 e. The summed E-state index contributed by atoms with van der Waals surface area (Å²) in [6.45, 7) is -1.29. The molecule has 2 unspecified atom stereocenters. The van der Waals surface area contributed by atoms with Gasteiger partial charge in [0, 0.05) is 25.0 Å². The average Bonchev–Trinajstić information content (AvgIpc) is 3.17. The number of nitrogens with one attached hydrogen (secondary N) is 1. The molecule has 15 heteroatoms. The van der Waals surface area contributed by atoms with Crippen molar-refractivity contribution in [3.8, 4) is 0 Å². The third kappa shape index (κ3) is 3.85. The summed E-state index contributed by atoms with van der Waals surface area (Å²) in [6.07, 6.45) is -4.55. The first-order chi connectivity index (χ1) is 15.5. The number of alkyl halides is 7. The number of hydrogen-bond donors (Lipinski definition) is 2. The molecule has 3 N–H and O–H groups in total. The van der Waals surface area contributed by atoms with Gasteiger partial charge in [0.15, 0.2) is 0 Å². The number of nitrogens with zero attached hydrogens (tertiary/aromatic N) is 2. The highest BCUT2D eigenvalue weighted by Gasteiger charge is 2.80. The highest BCUT2D eigenvalue weighted by atomic mass is 32.2. The first kappa shape index (κ1) is 24.2. The van der Waals surface area contributed by atoms with Crippen LogP contribution >= 0.6 is 0 Å². The zero-order valence-electron chi connectivity index (χ0n) is 16.8. The minimum atomic E-state index is -4.92. The fourth-order valence-corrected chi connectivity index (χ4v) is 4.65. The number of hydrogen-bond acceptors (Lipinski definition) is 5. The lowest BCUT2D eigenvalue weighted by atomic mass is 9.68. The number of sulfonamides is 1. The number of fused-ring (bicyclic) bond motifs is 1. The standard InChI is InChI=1S/C19H15F7N4O3S/c20-17(21)13-7-30(8-14(13)18(17,22)23)15-12(4-9(6-28-15)19(24,25)26)16(31)29-10-2-1-3-11(5-10)34(27,32)33/h1-6,13-14H,7-8H2,(H,29,31)(H2,27,32,33). The molecule has 1 aromatic carbocycles. The Morgan fingerprint density at radius 1 is 1.09 bits per heavy atom. The summed E-state index contributed by atoms with van der Waals surface area (Å²) in [5, 5.41) is 7.21. The normalized spacial score (nSPS) is 23.2. The molecule has 1 aliphatic heterocycles. The van der Waals surface area contributed by atoms with E-state index >= 15 is 0 Å². The topological polar surface area (TPSA) is 105 Å². The van der Waals surface area contributed by atoms with Crippen LogP contribution in [0.3, 0.4) is 0 Å². The third-order valence-electron chi connectivity index (χ3n) is 5.85. The van der Waals surface area contributed by atoms with Gasteiger partial charge >= 0.3 is 18.0 Å². The van der Waals surface area contributed by atoms with E-state index in [-0.39, 0.29) is 5.69 Å². The monoisotopic (exact) mass is 512 g/mol. The van der Waals surface area contributed by atoms with Crippen LogP contribution in [0.5, 0.6) is 0 Å². The van der Waals surface area contributed by atoms with Crippen LogP contribution in [-0.2, 0) is 16.2 Å². The molecule has 0 radical (unpaired) electrons.